The maximum Gasteiger partial charge on any atom is 0.234 e. The summed E-state index contributed by atoms with van der Waals surface area (Å²) in [6, 6.07) is 12.5. The lowest BCUT2D eigenvalue weighted by molar-refractivity contribution is -0.113. The van der Waals surface area contributed by atoms with Crippen molar-refractivity contribution in [2.45, 2.75) is 6.92 Å². The van der Waals surface area contributed by atoms with Crippen LogP contribution in [-0.2, 0) is 4.79 Å². The number of ketones is 1. The number of nitrogens with one attached hydrogen (secondary N) is 1. The Labute approximate surface area is 150 Å². The van der Waals surface area contributed by atoms with Gasteiger partial charge in [-0.3, -0.25) is 9.59 Å². The number of anilines is 1. The number of hydrogen-bond acceptors (Lipinski definition) is 4. The van der Waals surface area contributed by atoms with Crippen molar-refractivity contribution in [3.8, 4) is 5.75 Å². The van der Waals surface area contributed by atoms with Crippen molar-refractivity contribution in [2.75, 3.05) is 23.9 Å². The second kappa shape index (κ2) is 8.76. The molecule has 0 atom stereocenters. The average molecular weight is 364 g/mol. The normalized spacial score (nSPS) is 10.3. The Morgan fingerprint density at radius 1 is 1.17 bits per heavy atom. The first kappa shape index (κ1) is 18.4. The van der Waals surface area contributed by atoms with Gasteiger partial charge >= 0.3 is 0 Å². The van der Waals surface area contributed by atoms with E-state index in [1.165, 1.54) is 18.9 Å². The zero-order valence-corrected chi connectivity index (χ0v) is 15.0. The lowest BCUT2D eigenvalue weighted by atomic mass is 10.2. The Balaban J connectivity index is 1.88. The van der Waals surface area contributed by atoms with Crippen LogP contribution in [0.5, 0.6) is 5.75 Å². The van der Waals surface area contributed by atoms with Crippen molar-refractivity contribution in [3.05, 3.63) is 58.6 Å². The van der Waals surface area contributed by atoms with E-state index in [9.17, 15) is 9.59 Å². The van der Waals surface area contributed by atoms with E-state index in [4.69, 9.17) is 16.3 Å². The molecule has 0 spiro atoms. The van der Waals surface area contributed by atoms with Crippen LogP contribution in [0.3, 0.4) is 0 Å². The van der Waals surface area contributed by atoms with Gasteiger partial charge in [0.05, 0.1) is 24.3 Å². The topological polar surface area (TPSA) is 55.4 Å². The molecule has 0 radical (unpaired) electrons. The third-order valence-corrected chi connectivity index (χ3v) is 4.66. The van der Waals surface area contributed by atoms with Gasteiger partial charge in [-0.25, -0.2) is 0 Å². The van der Waals surface area contributed by atoms with E-state index in [-0.39, 0.29) is 23.2 Å². The van der Waals surface area contributed by atoms with E-state index in [2.05, 4.69) is 5.32 Å². The minimum atomic E-state index is -0.194. The Hall–Kier alpha value is -1.98. The van der Waals surface area contributed by atoms with Crippen LogP contribution in [0, 0.1) is 6.92 Å². The summed E-state index contributed by atoms with van der Waals surface area (Å²) in [7, 11) is 1.52. The van der Waals surface area contributed by atoms with E-state index in [0.29, 0.717) is 22.0 Å². The number of halogens is 1. The van der Waals surface area contributed by atoms with E-state index >= 15 is 0 Å². The van der Waals surface area contributed by atoms with E-state index in [1.807, 2.05) is 25.1 Å². The highest BCUT2D eigenvalue weighted by Crippen LogP contribution is 2.31. The van der Waals surface area contributed by atoms with Crippen LogP contribution in [0.1, 0.15) is 15.9 Å². The second-order valence-electron chi connectivity index (χ2n) is 5.13. The number of benzene rings is 2. The SMILES string of the molecule is COc1cc(Cl)c(C)cc1NC(=O)CSCC(=O)c1ccccc1. The molecule has 2 aromatic carbocycles. The molecule has 0 unspecified atom stereocenters. The van der Waals surface area contributed by atoms with Crippen LogP contribution < -0.4 is 10.1 Å². The van der Waals surface area contributed by atoms with Crippen molar-refractivity contribution >= 4 is 40.7 Å². The van der Waals surface area contributed by atoms with Crippen LogP contribution in [-0.4, -0.2) is 30.3 Å². The Bertz CT molecular complexity index is 735. The quantitative estimate of drug-likeness (QED) is 0.748. The van der Waals surface area contributed by atoms with Gasteiger partial charge in [-0.05, 0) is 18.6 Å². The molecule has 1 amide bonds. The van der Waals surface area contributed by atoms with Crippen molar-refractivity contribution < 1.29 is 14.3 Å². The van der Waals surface area contributed by atoms with Gasteiger partial charge in [0, 0.05) is 16.7 Å². The molecule has 4 nitrogen and oxygen atoms in total. The number of amides is 1. The number of ether oxygens (including phenoxy) is 1. The van der Waals surface area contributed by atoms with Crippen LogP contribution >= 0.6 is 23.4 Å². The maximum atomic E-state index is 12.1. The Kier molecular flexibility index (Phi) is 6.70. The molecule has 2 rings (SSSR count). The average Bonchev–Trinajstić information content (AvgIpc) is 2.58. The molecule has 6 heteroatoms. The minimum absolute atomic E-state index is 0.00770. The first-order valence-corrected chi connectivity index (χ1v) is 8.84. The molecule has 126 valence electrons. The van der Waals surface area contributed by atoms with E-state index in [0.717, 1.165) is 5.56 Å². The summed E-state index contributed by atoms with van der Waals surface area (Å²) in [6.45, 7) is 1.85. The standard InChI is InChI=1S/C18H18ClNO3S/c1-12-8-15(17(23-2)9-14(12)19)20-18(22)11-24-10-16(21)13-6-4-3-5-7-13/h3-9H,10-11H2,1-2H3,(H,20,22). The first-order valence-electron chi connectivity index (χ1n) is 7.31. The number of rotatable bonds is 7. The van der Waals surface area contributed by atoms with E-state index < -0.39 is 0 Å². The zero-order chi connectivity index (χ0) is 17.5. The fourth-order valence-electron chi connectivity index (χ4n) is 2.06. The molecule has 0 aliphatic rings. The van der Waals surface area contributed by atoms with Crippen molar-refractivity contribution in [1.29, 1.82) is 0 Å². The van der Waals surface area contributed by atoms with Gasteiger partial charge in [0.2, 0.25) is 5.91 Å². The molecule has 24 heavy (non-hydrogen) atoms. The number of methoxy groups -OCH3 is 1. The van der Waals surface area contributed by atoms with Crippen LogP contribution in [0.2, 0.25) is 5.02 Å². The predicted molar refractivity (Wildman–Crippen MR) is 99.5 cm³/mol. The van der Waals surface area contributed by atoms with Crippen molar-refractivity contribution in [1.82, 2.24) is 0 Å². The fourth-order valence-corrected chi connectivity index (χ4v) is 2.93. The summed E-state index contributed by atoms with van der Waals surface area (Å²) in [5.41, 5.74) is 2.07. The summed E-state index contributed by atoms with van der Waals surface area (Å²) in [6.07, 6.45) is 0. The number of Topliss-reactive ketones (excluding diaryl/α,β-unsaturated/α-hetero) is 1. The van der Waals surface area contributed by atoms with Crippen molar-refractivity contribution in [2.24, 2.45) is 0 Å². The molecule has 0 fully saturated rings. The van der Waals surface area contributed by atoms with Crippen LogP contribution in [0.4, 0.5) is 5.69 Å². The number of carbonyl (C=O) groups excluding carboxylic acids is 2. The largest absolute Gasteiger partial charge is 0.495 e. The number of hydrogen-bond donors (Lipinski definition) is 1. The highest BCUT2D eigenvalue weighted by molar-refractivity contribution is 8.00. The van der Waals surface area contributed by atoms with Gasteiger partial charge in [0.15, 0.2) is 5.78 Å². The highest BCUT2D eigenvalue weighted by atomic mass is 35.5. The summed E-state index contributed by atoms with van der Waals surface area (Å²) < 4.78 is 5.22. The van der Waals surface area contributed by atoms with Gasteiger partial charge in [-0.15, -0.1) is 11.8 Å². The number of aryl methyl sites for hydroxylation is 1. The molecule has 0 aromatic heterocycles. The second-order valence-corrected chi connectivity index (χ2v) is 6.52. The van der Waals surface area contributed by atoms with Crippen LogP contribution in [0.15, 0.2) is 42.5 Å². The Morgan fingerprint density at radius 3 is 2.54 bits per heavy atom. The van der Waals surface area contributed by atoms with E-state index in [1.54, 1.807) is 24.3 Å². The third kappa shape index (κ3) is 5.01. The molecule has 2 aromatic rings. The van der Waals surface area contributed by atoms with Gasteiger partial charge < -0.3 is 10.1 Å². The lowest BCUT2D eigenvalue weighted by Gasteiger charge is -2.12. The lowest BCUT2D eigenvalue weighted by Crippen LogP contribution is -2.16. The molecular formula is C18H18ClNO3S. The van der Waals surface area contributed by atoms with Crippen LogP contribution in [0.25, 0.3) is 0 Å². The molecule has 0 heterocycles. The van der Waals surface area contributed by atoms with Gasteiger partial charge in [0.25, 0.3) is 0 Å². The van der Waals surface area contributed by atoms with Gasteiger partial charge in [0.1, 0.15) is 5.75 Å². The summed E-state index contributed by atoms with van der Waals surface area (Å²) in [5, 5.41) is 3.36. The third-order valence-electron chi connectivity index (χ3n) is 3.32. The maximum absolute atomic E-state index is 12.1. The summed E-state index contributed by atoms with van der Waals surface area (Å²) in [4.78, 5) is 24.0. The smallest absolute Gasteiger partial charge is 0.234 e. The Morgan fingerprint density at radius 2 is 1.88 bits per heavy atom. The molecule has 0 saturated carbocycles. The first-order chi connectivity index (χ1) is 11.5. The number of carbonyl (C=O) groups is 2. The molecular weight excluding hydrogens is 346 g/mol. The van der Waals surface area contributed by atoms with Crippen molar-refractivity contribution in [3.63, 3.8) is 0 Å². The molecule has 0 aliphatic heterocycles. The monoisotopic (exact) mass is 363 g/mol. The summed E-state index contributed by atoms with van der Waals surface area (Å²) in [5.74, 6) is 0.760. The van der Waals surface area contributed by atoms with Gasteiger partial charge in [-0.2, -0.15) is 0 Å². The molecule has 1 N–H and O–H groups in total. The fraction of sp³-hybridized carbons (Fsp3) is 0.222. The highest BCUT2D eigenvalue weighted by Gasteiger charge is 2.12. The predicted octanol–water partition coefficient (Wildman–Crippen LogP) is 4.21. The zero-order valence-electron chi connectivity index (χ0n) is 13.5. The molecule has 0 aliphatic carbocycles. The minimum Gasteiger partial charge on any atom is -0.495 e. The van der Waals surface area contributed by atoms with Gasteiger partial charge in [-0.1, -0.05) is 41.9 Å². The summed E-state index contributed by atoms with van der Waals surface area (Å²) >= 11 is 7.32. The molecule has 0 bridgehead atoms. The molecule has 0 saturated heterocycles. The number of thioether (sulfide) groups is 1.